The van der Waals surface area contributed by atoms with Crippen LogP contribution in [-0.2, 0) is 0 Å². The summed E-state index contributed by atoms with van der Waals surface area (Å²) in [5, 5.41) is 5.38. The van der Waals surface area contributed by atoms with E-state index in [1.54, 1.807) is 0 Å². The van der Waals surface area contributed by atoms with Gasteiger partial charge in [0.2, 0.25) is 0 Å². The Kier molecular flexibility index (Phi) is 5.15. The van der Waals surface area contributed by atoms with Crippen molar-refractivity contribution in [1.29, 1.82) is 0 Å². The SMILES string of the molecule is CCNC(CC1CCSCC1)c1cc2cccc(Cl)c2o1. The van der Waals surface area contributed by atoms with Gasteiger partial charge in [0.25, 0.3) is 0 Å². The normalized spacial score (nSPS) is 18.2. The monoisotopic (exact) mass is 323 g/mol. The molecule has 1 atom stereocenters. The van der Waals surface area contributed by atoms with Crippen molar-refractivity contribution in [1.82, 2.24) is 5.32 Å². The Labute approximate surface area is 135 Å². The van der Waals surface area contributed by atoms with E-state index in [2.05, 4.69) is 36.1 Å². The summed E-state index contributed by atoms with van der Waals surface area (Å²) in [6.45, 7) is 3.11. The molecule has 4 heteroatoms. The number of furan rings is 1. The highest BCUT2D eigenvalue weighted by Crippen LogP contribution is 2.34. The van der Waals surface area contributed by atoms with Gasteiger partial charge >= 0.3 is 0 Å². The lowest BCUT2D eigenvalue weighted by Crippen LogP contribution is -2.24. The summed E-state index contributed by atoms with van der Waals surface area (Å²) in [5.41, 5.74) is 0.816. The number of hydrogen-bond acceptors (Lipinski definition) is 3. The van der Waals surface area contributed by atoms with E-state index in [1.165, 1.54) is 24.3 Å². The second kappa shape index (κ2) is 7.08. The third-order valence-corrected chi connectivity index (χ3v) is 5.57. The second-order valence-corrected chi connectivity index (χ2v) is 7.34. The van der Waals surface area contributed by atoms with Crippen LogP contribution in [0.2, 0.25) is 5.02 Å². The molecule has 2 aromatic rings. The minimum atomic E-state index is 0.298. The lowest BCUT2D eigenvalue weighted by atomic mass is 9.93. The Morgan fingerprint density at radius 3 is 2.90 bits per heavy atom. The Morgan fingerprint density at radius 1 is 1.38 bits per heavy atom. The van der Waals surface area contributed by atoms with Gasteiger partial charge in [-0.1, -0.05) is 30.7 Å². The molecule has 2 nitrogen and oxygen atoms in total. The van der Waals surface area contributed by atoms with Crippen LogP contribution in [0.4, 0.5) is 0 Å². The fraction of sp³-hybridized carbons (Fsp3) is 0.529. The first kappa shape index (κ1) is 15.3. The van der Waals surface area contributed by atoms with E-state index in [0.717, 1.165) is 35.6 Å². The molecule has 0 amide bonds. The summed E-state index contributed by atoms with van der Waals surface area (Å²) < 4.78 is 6.06. The molecule has 1 N–H and O–H groups in total. The van der Waals surface area contributed by atoms with Crippen molar-refractivity contribution in [3.63, 3.8) is 0 Å². The van der Waals surface area contributed by atoms with Gasteiger partial charge in [0.1, 0.15) is 5.76 Å². The van der Waals surface area contributed by atoms with Crippen LogP contribution in [0.3, 0.4) is 0 Å². The molecule has 1 aromatic carbocycles. The number of hydrogen-bond donors (Lipinski definition) is 1. The zero-order valence-corrected chi connectivity index (χ0v) is 14.0. The van der Waals surface area contributed by atoms with Crippen molar-refractivity contribution in [2.45, 2.75) is 32.2 Å². The molecule has 0 aliphatic carbocycles. The Morgan fingerprint density at radius 2 is 2.19 bits per heavy atom. The van der Waals surface area contributed by atoms with Gasteiger partial charge in [-0.05, 0) is 55.4 Å². The van der Waals surface area contributed by atoms with Gasteiger partial charge in [-0.15, -0.1) is 0 Å². The number of thioether (sulfide) groups is 1. The summed E-state index contributed by atoms with van der Waals surface area (Å²) >= 11 is 8.31. The van der Waals surface area contributed by atoms with Crippen LogP contribution in [0.25, 0.3) is 11.0 Å². The minimum absolute atomic E-state index is 0.298. The Hall–Kier alpha value is -0.640. The van der Waals surface area contributed by atoms with Crippen LogP contribution in [-0.4, -0.2) is 18.1 Å². The molecule has 114 valence electrons. The summed E-state index contributed by atoms with van der Waals surface area (Å²) in [4.78, 5) is 0. The highest BCUT2D eigenvalue weighted by molar-refractivity contribution is 7.99. The van der Waals surface area contributed by atoms with E-state index in [1.807, 2.05) is 12.1 Å². The summed E-state index contributed by atoms with van der Waals surface area (Å²) in [6.07, 6.45) is 3.81. The van der Waals surface area contributed by atoms with Gasteiger partial charge in [-0.25, -0.2) is 0 Å². The largest absolute Gasteiger partial charge is 0.458 e. The molecule has 3 rings (SSSR count). The molecule has 2 heterocycles. The first-order valence-electron chi connectivity index (χ1n) is 7.77. The molecule has 1 fully saturated rings. The van der Waals surface area contributed by atoms with Gasteiger partial charge in [0, 0.05) is 5.39 Å². The van der Waals surface area contributed by atoms with E-state index < -0.39 is 0 Å². The van der Waals surface area contributed by atoms with Crippen LogP contribution in [0.15, 0.2) is 28.7 Å². The van der Waals surface area contributed by atoms with Gasteiger partial charge in [0.05, 0.1) is 11.1 Å². The average Bonchev–Trinajstić information content (AvgIpc) is 2.93. The van der Waals surface area contributed by atoms with E-state index in [9.17, 15) is 0 Å². The van der Waals surface area contributed by atoms with Gasteiger partial charge < -0.3 is 9.73 Å². The van der Waals surface area contributed by atoms with Gasteiger partial charge in [0.15, 0.2) is 5.58 Å². The summed E-state index contributed by atoms with van der Waals surface area (Å²) in [7, 11) is 0. The average molecular weight is 324 g/mol. The first-order valence-corrected chi connectivity index (χ1v) is 9.30. The van der Waals surface area contributed by atoms with Crippen LogP contribution < -0.4 is 5.32 Å². The van der Waals surface area contributed by atoms with Crippen molar-refractivity contribution in [3.8, 4) is 0 Å². The maximum Gasteiger partial charge on any atom is 0.152 e. The molecule has 21 heavy (non-hydrogen) atoms. The van der Waals surface area contributed by atoms with E-state index >= 15 is 0 Å². The molecule has 1 aromatic heterocycles. The third kappa shape index (κ3) is 3.58. The zero-order chi connectivity index (χ0) is 14.7. The molecule has 1 aliphatic rings. The number of halogens is 1. The maximum atomic E-state index is 6.23. The number of para-hydroxylation sites is 1. The number of benzene rings is 1. The summed E-state index contributed by atoms with van der Waals surface area (Å²) in [6, 6.07) is 8.37. The van der Waals surface area contributed by atoms with Crippen LogP contribution in [0.1, 0.15) is 38.0 Å². The highest BCUT2D eigenvalue weighted by Gasteiger charge is 2.22. The number of rotatable bonds is 5. The molecule has 0 radical (unpaired) electrons. The van der Waals surface area contributed by atoms with Crippen LogP contribution >= 0.6 is 23.4 Å². The van der Waals surface area contributed by atoms with Gasteiger partial charge in [-0.3, -0.25) is 0 Å². The second-order valence-electron chi connectivity index (χ2n) is 5.71. The molecule has 0 saturated carbocycles. The molecule has 0 bridgehead atoms. The van der Waals surface area contributed by atoms with Crippen molar-refractivity contribution in [2.24, 2.45) is 5.92 Å². The number of fused-ring (bicyclic) bond motifs is 1. The fourth-order valence-electron chi connectivity index (χ4n) is 3.08. The maximum absolute atomic E-state index is 6.23. The smallest absolute Gasteiger partial charge is 0.152 e. The minimum Gasteiger partial charge on any atom is -0.458 e. The van der Waals surface area contributed by atoms with Crippen LogP contribution in [0.5, 0.6) is 0 Å². The zero-order valence-electron chi connectivity index (χ0n) is 12.4. The highest BCUT2D eigenvalue weighted by atomic mass is 35.5. The third-order valence-electron chi connectivity index (χ3n) is 4.22. The lowest BCUT2D eigenvalue weighted by molar-refractivity contribution is 0.338. The van der Waals surface area contributed by atoms with E-state index in [-0.39, 0.29) is 0 Å². The van der Waals surface area contributed by atoms with Crippen molar-refractivity contribution in [3.05, 3.63) is 35.0 Å². The quantitative estimate of drug-likeness (QED) is 0.811. The van der Waals surface area contributed by atoms with E-state index in [4.69, 9.17) is 16.0 Å². The molecule has 1 aliphatic heterocycles. The fourth-order valence-corrected chi connectivity index (χ4v) is 4.51. The van der Waals surface area contributed by atoms with Crippen molar-refractivity contribution < 1.29 is 4.42 Å². The van der Waals surface area contributed by atoms with Crippen LogP contribution in [0, 0.1) is 5.92 Å². The Bertz CT molecular complexity index is 591. The molecule has 0 spiro atoms. The van der Waals surface area contributed by atoms with Crippen molar-refractivity contribution >= 4 is 34.3 Å². The molecule has 1 unspecified atom stereocenters. The predicted molar refractivity (Wildman–Crippen MR) is 92.3 cm³/mol. The first-order chi connectivity index (χ1) is 10.3. The predicted octanol–water partition coefficient (Wildman–Crippen LogP) is 5.27. The Balaban J connectivity index is 1.82. The lowest BCUT2D eigenvalue weighted by Gasteiger charge is -2.25. The topological polar surface area (TPSA) is 25.2 Å². The van der Waals surface area contributed by atoms with E-state index in [0.29, 0.717) is 11.1 Å². The molecule has 1 saturated heterocycles. The molecular weight excluding hydrogens is 302 g/mol. The standard InChI is InChI=1S/C17H22ClNOS/c1-2-19-15(10-12-6-8-21-9-7-12)16-11-13-4-3-5-14(18)17(13)20-16/h3-5,11-12,15,19H,2,6-10H2,1H3. The van der Waals surface area contributed by atoms with Gasteiger partial charge in [-0.2, -0.15) is 11.8 Å². The molecular formula is C17H22ClNOS. The van der Waals surface area contributed by atoms with Crippen molar-refractivity contribution in [2.75, 3.05) is 18.1 Å². The number of nitrogens with one attached hydrogen (secondary N) is 1. The summed E-state index contributed by atoms with van der Waals surface area (Å²) in [5.74, 6) is 4.43.